The standard InChI is InChI=1S/C20H23ClFN3O3S/c1-24(17-8-10-25(11-9-17)29(2,27)28)20(26)23-16-6-7-18(19(21)13-16)14-4-3-5-15(22)12-14/h3-7,12-13,17H,8-11H2,1-2H3,(H,23,26). The third kappa shape index (κ3) is 5.26. The summed E-state index contributed by atoms with van der Waals surface area (Å²) in [6.45, 7) is 0.796. The SMILES string of the molecule is CN(C(=O)Nc1ccc(-c2cccc(F)c2)c(Cl)c1)C1CCN(S(C)(=O)=O)CC1. The zero-order chi connectivity index (χ0) is 21.2. The number of carbonyl (C=O) groups is 1. The zero-order valence-electron chi connectivity index (χ0n) is 16.2. The summed E-state index contributed by atoms with van der Waals surface area (Å²) in [5.41, 5.74) is 1.86. The number of anilines is 1. The molecule has 156 valence electrons. The van der Waals surface area contributed by atoms with Crippen LogP contribution in [0.15, 0.2) is 42.5 Å². The smallest absolute Gasteiger partial charge is 0.321 e. The highest BCUT2D eigenvalue weighted by Crippen LogP contribution is 2.31. The number of nitrogens with one attached hydrogen (secondary N) is 1. The highest BCUT2D eigenvalue weighted by molar-refractivity contribution is 7.88. The lowest BCUT2D eigenvalue weighted by atomic mass is 10.0. The van der Waals surface area contributed by atoms with Crippen LogP contribution in [0.4, 0.5) is 14.9 Å². The van der Waals surface area contributed by atoms with Gasteiger partial charge in [-0.1, -0.05) is 29.8 Å². The monoisotopic (exact) mass is 439 g/mol. The molecule has 1 fully saturated rings. The van der Waals surface area contributed by atoms with Crippen molar-refractivity contribution in [3.63, 3.8) is 0 Å². The average molecular weight is 440 g/mol. The summed E-state index contributed by atoms with van der Waals surface area (Å²) in [5.74, 6) is -0.348. The summed E-state index contributed by atoms with van der Waals surface area (Å²) in [6, 6.07) is 10.9. The van der Waals surface area contributed by atoms with E-state index >= 15 is 0 Å². The fourth-order valence-electron chi connectivity index (χ4n) is 3.42. The van der Waals surface area contributed by atoms with Gasteiger partial charge in [0.05, 0.1) is 11.3 Å². The third-order valence-electron chi connectivity index (χ3n) is 5.12. The van der Waals surface area contributed by atoms with Crippen LogP contribution in [-0.4, -0.2) is 56.1 Å². The Labute approximate surface area is 175 Å². The number of carbonyl (C=O) groups excluding carboxylic acids is 1. The Bertz CT molecular complexity index is 1010. The first-order valence-corrected chi connectivity index (χ1v) is 11.4. The van der Waals surface area contributed by atoms with Crippen LogP contribution in [0.25, 0.3) is 11.1 Å². The second-order valence-corrected chi connectivity index (χ2v) is 9.53. The summed E-state index contributed by atoms with van der Waals surface area (Å²) in [6.07, 6.45) is 2.35. The molecule has 1 aliphatic heterocycles. The van der Waals surface area contributed by atoms with Gasteiger partial charge in [-0.15, -0.1) is 0 Å². The lowest BCUT2D eigenvalue weighted by Gasteiger charge is -2.35. The largest absolute Gasteiger partial charge is 0.325 e. The minimum Gasteiger partial charge on any atom is -0.325 e. The molecule has 0 aliphatic carbocycles. The Balaban J connectivity index is 1.64. The molecule has 0 saturated carbocycles. The van der Waals surface area contributed by atoms with Gasteiger partial charge in [-0.05, 0) is 42.7 Å². The van der Waals surface area contributed by atoms with E-state index in [4.69, 9.17) is 11.6 Å². The Morgan fingerprint density at radius 2 is 1.90 bits per heavy atom. The van der Waals surface area contributed by atoms with Crippen molar-refractivity contribution in [2.75, 3.05) is 31.7 Å². The van der Waals surface area contributed by atoms with Gasteiger partial charge in [-0.25, -0.2) is 21.9 Å². The minimum absolute atomic E-state index is 0.0463. The van der Waals surface area contributed by atoms with Crippen molar-refractivity contribution in [2.45, 2.75) is 18.9 Å². The van der Waals surface area contributed by atoms with Crippen molar-refractivity contribution in [2.24, 2.45) is 0 Å². The maximum absolute atomic E-state index is 13.4. The predicted octanol–water partition coefficient (Wildman–Crippen LogP) is 4.03. The quantitative estimate of drug-likeness (QED) is 0.781. The van der Waals surface area contributed by atoms with E-state index in [0.717, 1.165) is 0 Å². The fourth-order valence-corrected chi connectivity index (χ4v) is 4.59. The van der Waals surface area contributed by atoms with Crippen LogP contribution in [0.3, 0.4) is 0 Å². The molecule has 1 saturated heterocycles. The Kier molecular flexibility index (Phi) is 6.45. The van der Waals surface area contributed by atoms with Gasteiger partial charge in [-0.3, -0.25) is 0 Å². The summed E-state index contributed by atoms with van der Waals surface area (Å²) in [4.78, 5) is 14.2. The van der Waals surface area contributed by atoms with E-state index in [0.29, 0.717) is 47.8 Å². The molecule has 6 nitrogen and oxygen atoms in total. The number of nitrogens with zero attached hydrogens (tertiary/aromatic N) is 2. The first-order chi connectivity index (χ1) is 13.6. The van der Waals surface area contributed by atoms with E-state index in [2.05, 4.69) is 5.32 Å². The summed E-state index contributed by atoms with van der Waals surface area (Å²) < 4.78 is 38.1. The maximum Gasteiger partial charge on any atom is 0.321 e. The number of hydrogen-bond acceptors (Lipinski definition) is 3. The predicted molar refractivity (Wildman–Crippen MR) is 113 cm³/mol. The fraction of sp³-hybridized carbons (Fsp3) is 0.350. The van der Waals surface area contributed by atoms with Crippen molar-refractivity contribution in [3.05, 3.63) is 53.3 Å². The van der Waals surface area contributed by atoms with Gasteiger partial charge in [0.15, 0.2) is 0 Å². The molecule has 2 aromatic rings. The lowest BCUT2D eigenvalue weighted by molar-refractivity contribution is 0.174. The minimum atomic E-state index is -3.20. The van der Waals surface area contributed by atoms with Gasteiger partial charge < -0.3 is 10.2 Å². The molecule has 1 N–H and O–H groups in total. The van der Waals surface area contributed by atoms with Crippen LogP contribution < -0.4 is 5.32 Å². The van der Waals surface area contributed by atoms with Crippen molar-refractivity contribution in [1.29, 1.82) is 0 Å². The average Bonchev–Trinajstić information content (AvgIpc) is 2.67. The topological polar surface area (TPSA) is 69.7 Å². The molecule has 0 radical (unpaired) electrons. The van der Waals surface area contributed by atoms with Crippen molar-refractivity contribution >= 4 is 33.3 Å². The highest BCUT2D eigenvalue weighted by Gasteiger charge is 2.29. The molecule has 2 aromatic carbocycles. The molecule has 9 heteroatoms. The molecular weight excluding hydrogens is 417 g/mol. The molecule has 1 heterocycles. The van der Waals surface area contributed by atoms with Gasteiger partial charge in [0, 0.05) is 37.4 Å². The lowest BCUT2D eigenvalue weighted by Crippen LogP contribution is -2.48. The maximum atomic E-state index is 13.4. The number of rotatable bonds is 4. The summed E-state index contributed by atoms with van der Waals surface area (Å²) in [5, 5.41) is 3.21. The second kappa shape index (κ2) is 8.69. The molecule has 29 heavy (non-hydrogen) atoms. The van der Waals surface area contributed by atoms with Crippen LogP contribution in [0.1, 0.15) is 12.8 Å². The van der Waals surface area contributed by atoms with Crippen molar-refractivity contribution in [1.82, 2.24) is 9.21 Å². The van der Waals surface area contributed by atoms with Gasteiger partial charge >= 0.3 is 6.03 Å². The summed E-state index contributed by atoms with van der Waals surface area (Å²) in [7, 11) is -1.51. The molecule has 0 atom stereocenters. The van der Waals surface area contributed by atoms with E-state index in [1.807, 2.05) is 0 Å². The van der Waals surface area contributed by atoms with E-state index in [1.54, 1.807) is 42.3 Å². The van der Waals surface area contributed by atoms with Gasteiger partial charge in [0.25, 0.3) is 0 Å². The van der Waals surface area contributed by atoms with Crippen LogP contribution >= 0.6 is 11.6 Å². The second-order valence-electron chi connectivity index (χ2n) is 7.14. The van der Waals surface area contributed by atoms with Crippen LogP contribution in [0.2, 0.25) is 5.02 Å². The number of amides is 2. The molecule has 3 rings (SSSR count). The molecular formula is C20H23ClFN3O3S. The molecule has 0 unspecified atom stereocenters. The van der Waals surface area contributed by atoms with Gasteiger partial charge in [-0.2, -0.15) is 0 Å². The van der Waals surface area contributed by atoms with E-state index < -0.39 is 10.0 Å². The molecule has 0 aromatic heterocycles. The van der Waals surface area contributed by atoms with Crippen LogP contribution in [-0.2, 0) is 10.0 Å². The third-order valence-corrected chi connectivity index (χ3v) is 6.73. The van der Waals surface area contributed by atoms with Crippen LogP contribution in [0.5, 0.6) is 0 Å². The number of benzene rings is 2. The first-order valence-electron chi connectivity index (χ1n) is 9.19. The molecule has 0 spiro atoms. The van der Waals surface area contributed by atoms with Crippen molar-refractivity contribution in [3.8, 4) is 11.1 Å². The number of halogens is 2. The Morgan fingerprint density at radius 3 is 2.48 bits per heavy atom. The Hall–Kier alpha value is -2.16. The van der Waals surface area contributed by atoms with E-state index in [9.17, 15) is 17.6 Å². The van der Waals surface area contributed by atoms with Gasteiger partial charge in [0.2, 0.25) is 10.0 Å². The number of sulfonamides is 1. The van der Waals surface area contributed by atoms with E-state index in [-0.39, 0.29) is 17.9 Å². The molecule has 2 amide bonds. The summed E-state index contributed by atoms with van der Waals surface area (Å²) >= 11 is 6.34. The highest BCUT2D eigenvalue weighted by atomic mass is 35.5. The number of urea groups is 1. The van der Waals surface area contributed by atoms with Gasteiger partial charge in [0.1, 0.15) is 5.82 Å². The van der Waals surface area contributed by atoms with Crippen LogP contribution in [0, 0.1) is 5.82 Å². The number of hydrogen-bond donors (Lipinski definition) is 1. The number of piperidine rings is 1. The zero-order valence-corrected chi connectivity index (χ0v) is 17.8. The normalized spacial score (nSPS) is 15.9. The first kappa shape index (κ1) is 21.5. The molecule has 1 aliphatic rings. The Morgan fingerprint density at radius 1 is 1.21 bits per heavy atom. The molecule has 0 bridgehead atoms. The van der Waals surface area contributed by atoms with Crippen molar-refractivity contribution < 1.29 is 17.6 Å². The van der Waals surface area contributed by atoms with E-state index in [1.165, 1.54) is 22.7 Å².